The Morgan fingerprint density at radius 3 is 2.60 bits per heavy atom. The van der Waals surface area contributed by atoms with E-state index in [9.17, 15) is 9.90 Å². The van der Waals surface area contributed by atoms with Gasteiger partial charge in [0, 0.05) is 6.42 Å². The highest BCUT2D eigenvalue weighted by molar-refractivity contribution is 5.69. The number of carbonyl (C=O) groups excluding carboxylic acids is 1. The average molecular weight is 281 g/mol. The molecular formula is C15H23NO4. The van der Waals surface area contributed by atoms with Gasteiger partial charge in [-0.2, -0.15) is 0 Å². The zero-order valence-electron chi connectivity index (χ0n) is 12.6. The van der Waals surface area contributed by atoms with E-state index < -0.39 is 0 Å². The number of benzene rings is 1. The van der Waals surface area contributed by atoms with E-state index in [1.807, 2.05) is 21.1 Å². The van der Waals surface area contributed by atoms with Gasteiger partial charge in [0.25, 0.3) is 0 Å². The molecule has 0 fully saturated rings. The summed E-state index contributed by atoms with van der Waals surface area (Å²) in [6.07, 6.45) is 0.846. The van der Waals surface area contributed by atoms with Crippen LogP contribution in [0.5, 0.6) is 11.5 Å². The molecule has 0 N–H and O–H groups in total. The number of quaternary nitrogens is 1. The first-order chi connectivity index (χ1) is 9.31. The zero-order chi connectivity index (χ0) is 15.2. The van der Waals surface area contributed by atoms with Gasteiger partial charge in [0.15, 0.2) is 0 Å². The first kappa shape index (κ1) is 16.3. The van der Waals surface area contributed by atoms with Gasteiger partial charge in [0.2, 0.25) is 0 Å². The van der Waals surface area contributed by atoms with Crippen molar-refractivity contribution in [3.8, 4) is 11.5 Å². The molecule has 0 saturated carbocycles. The number of rotatable bonds is 7. The van der Waals surface area contributed by atoms with Crippen LogP contribution in [0.25, 0.3) is 0 Å². The van der Waals surface area contributed by atoms with Crippen LogP contribution >= 0.6 is 0 Å². The number of hydrogen-bond acceptors (Lipinski definition) is 4. The number of methoxy groups -OCH3 is 1. The Morgan fingerprint density at radius 1 is 1.30 bits per heavy atom. The number of nitrogens with zero attached hydrogens (tertiary/aromatic N) is 1. The van der Waals surface area contributed by atoms with Crippen LogP contribution < -0.4 is 9.84 Å². The second kappa shape index (κ2) is 7.14. The summed E-state index contributed by atoms with van der Waals surface area (Å²) in [4.78, 5) is 11.6. The molecule has 0 aliphatic rings. The molecule has 5 nitrogen and oxygen atoms in total. The monoisotopic (exact) mass is 281 g/mol. The van der Waals surface area contributed by atoms with Gasteiger partial charge in [-0.1, -0.05) is 17.9 Å². The Balaban J connectivity index is 2.37. The molecular weight excluding hydrogens is 258 g/mol. The van der Waals surface area contributed by atoms with Crippen molar-refractivity contribution in [2.75, 3.05) is 41.4 Å². The summed E-state index contributed by atoms with van der Waals surface area (Å²) in [7, 11) is 7.60. The van der Waals surface area contributed by atoms with Crippen molar-refractivity contribution < 1.29 is 23.9 Å². The van der Waals surface area contributed by atoms with Gasteiger partial charge in [-0.25, -0.2) is 0 Å². The van der Waals surface area contributed by atoms with Crippen LogP contribution in [0.3, 0.4) is 0 Å². The number of aryl methyl sites for hydroxylation is 1. The fraction of sp³-hybridized carbons (Fsp3) is 0.533. The van der Waals surface area contributed by atoms with Crippen LogP contribution in [-0.4, -0.2) is 51.9 Å². The van der Waals surface area contributed by atoms with E-state index in [4.69, 9.17) is 9.47 Å². The second-order valence-electron chi connectivity index (χ2n) is 5.72. The van der Waals surface area contributed by atoms with Gasteiger partial charge < -0.3 is 19.1 Å². The Labute approximate surface area is 120 Å². The second-order valence-corrected chi connectivity index (χ2v) is 5.72. The molecule has 0 aliphatic heterocycles. The van der Waals surface area contributed by atoms with E-state index in [1.165, 1.54) is 13.2 Å². The van der Waals surface area contributed by atoms with Crippen LogP contribution in [-0.2, 0) is 16.0 Å². The number of ether oxygens (including phenoxy) is 2. The molecule has 0 bridgehead atoms. The van der Waals surface area contributed by atoms with Crippen molar-refractivity contribution in [1.82, 2.24) is 0 Å². The van der Waals surface area contributed by atoms with Gasteiger partial charge in [-0.3, -0.25) is 4.79 Å². The molecule has 1 aromatic carbocycles. The van der Waals surface area contributed by atoms with Crippen LogP contribution in [0, 0.1) is 0 Å². The quantitative estimate of drug-likeness (QED) is 0.551. The Morgan fingerprint density at radius 2 is 2.00 bits per heavy atom. The van der Waals surface area contributed by atoms with Crippen molar-refractivity contribution >= 4 is 5.97 Å². The number of esters is 1. The molecule has 0 spiro atoms. The van der Waals surface area contributed by atoms with Gasteiger partial charge >= 0.3 is 5.97 Å². The molecule has 1 rings (SSSR count). The molecule has 0 unspecified atom stereocenters. The summed E-state index contributed by atoms with van der Waals surface area (Å²) in [6.45, 7) is 1.20. The molecule has 5 heteroatoms. The molecule has 0 atom stereocenters. The molecule has 0 aliphatic carbocycles. The number of carbonyl (C=O) groups is 1. The van der Waals surface area contributed by atoms with Gasteiger partial charge in [0.05, 0.1) is 28.3 Å². The van der Waals surface area contributed by atoms with E-state index in [-0.39, 0.29) is 11.7 Å². The number of hydrogen-bond donors (Lipinski definition) is 0. The summed E-state index contributed by atoms with van der Waals surface area (Å²) in [5.41, 5.74) is 0.894. The van der Waals surface area contributed by atoms with Gasteiger partial charge in [0.1, 0.15) is 18.9 Å². The highest BCUT2D eigenvalue weighted by Crippen LogP contribution is 2.24. The highest BCUT2D eigenvalue weighted by atomic mass is 16.5. The Hall–Kier alpha value is -1.75. The fourth-order valence-electron chi connectivity index (χ4n) is 1.62. The normalized spacial score (nSPS) is 11.2. The van der Waals surface area contributed by atoms with E-state index in [1.54, 1.807) is 12.1 Å². The van der Waals surface area contributed by atoms with E-state index in [0.29, 0.717) is 25.2 Å². The third-order valence-electron chi connectivity index (χ3n) is 2.87. The minimum absolute atomic E-state index is 0.151. The molecule has 1 aromatic rings. The largest absolute Gasteiger partial charge is 0.870 e. The maximum absolute atomic E-state index is 11.6. The molecule has 20 heavy (non-hydrogen) atoms. The predicted octanol–water partition coefficient (Wildman–Crippen LogP) is 0.951. The molecule has 0 aromatic heterocycles. The van der Waals surface area contributed by atoms with Crippen molar-refractivity contribution in [2.45, 2.75) is 12.8 Å². The first-order valence-electron chi connectivity index (χ1n) is 6.62. The SMILES string of the molecule is COc1cc(CCC(=O)OCC[N+](C)(C)C)ccc1[O-]. The molecule has 0 amide bonds. The van der Waals surface area contributed by atoms with E-state index in [0.717, 1.165) is 16.6 Å². The van der Waals surface area contributed by atoms with Crippen molar-refractivity contribution in [3.05, 3.63) is 23.8 Å². The lowest BCUT2D eigenvalue weighted by atomic mass is 10.1. The van der Waals surface area contributed by atoms with Crippen LogP contribution in [0.4, 0.5) is 0 Å². The first-order valence-corrected chi connectivity index (χ1v) is 6.62. The summed E-state index contributed by atoms with van der Waals surface area (Å²) < 4.78 is 10.9. The Kier molecular flexibility index (Phi) is 5.82. The maximum atomic E-state index is 11.6. The standard InChI is InChI=1S/C15H23NO4/c1-16(2,3)9-10-20-15(18)8-6-12-5-7-13(17)14(11-12)19-4/h5,7,11H,6,8-10H2,1-4H3. The lowest BCUT2D eigenvalue weighted by molar-refractivity contribution is -0.870. The van der Waals surface area contributed by atoms with E-state index in [2.05, 4.69) is 0 Å². The maximum Gasteiger partial charge on any atom is 0.306 e. The highest BCUT2D eigenvalue weighted by Gasteiger charge is 2.09. The summed E-state index contributed by atoms with van der Waals surface area (Å²) >= 11 is 0. The number of likely N-dealkylation sites (N-methyl/N-ethyl adjacent to an activating group) is 1. The minimum atomic E-state index is -0.219. The lowest BCUT2D eigenvalue weighted by Crippen LogP contribution is -2.38. The molecule has 0 saturated heterocycles. The van der Waals surface area contributed by atoms with E-state index >= 15 is 0 Å². The molecule has 112 valence electrons. The fourth-order valence-corrected chi connectivity index (χ4v) is 1.62. The van der Waals surface area contributed by atoms with Gasteiger partial charge in [-0.15, -0.1) is 0 Å². The van der Waals surface area contributed by atoms with Crippen LogP contribution in [0.1, 0.15) is 12.0 Å². The van der Waals surface area contributed by atoms with Crippen LogP contribution in [0.15, 0.2) is 18.2 Å². The molecule has 0 heterocycles. The summed E-state index contributed by atoms with van der Waals surface area (Å²) in [6, 6.07) is 4.84. The Bertz CT molecular complexity index is 452. The van der Waals surface area contributed by atoms with Gasteiger partial charge in [-0.05, 0) is 18.1 Å². The van der Waals surface area contributed by atoms with Crippen molar-refractivity contribution in [1.29, 1.82) is 0 Å². The third-order valence-corrected chi connectivity index (χ3v) is 2.87. The lowest BCUT2D eigenvalue weighted by Gasteiger charge is -2.23. The van der Waals surface area contributed by atoms with Crippen molar-refractivity contribution in [2.24, 2.45) is 0 Å². The van der Waals surface area contributed by atoms with Crippen LogP contribution in [0.2, 0.25) is 0 Å². The summed E-state index contributed by atoms with van der Waals surface area (Å²) in [5, 5.41) is 11.4. The molecule has 0 radical (unpaired) electrons. The average Bonchev–Trinajstić information content (AvgIpc) is 2.36. The summed E-state index contributed by atoms with van der Waals surface area (Å²) in [5.74, 6) is -0.0636. The van der Waals surface area contributed by atoms with Crippen molar-refractivity contribution in [3.63, 3.8) is 0 Å². The third kappa shape index (κ3) is 5.93. The topological polar surface area (TPSA) is 58.6 Å². The smallest absolute Gasteiger partial charge is 0.306 e. The minimum Gasteiger partial charge on any atom is -0.870 e. The zero-order valence-corrected chi connectivity index (χ0v) is 12.6. The predicted molar refractivity (Wildman–Crippen MR) is 74.6 cm³/mol.